The van der Waals surface area contributed by atoms with Crippen molar-refractivity contribution in [3.05, 3.63) is 0 Å². The van der Waals surface area contributed by atoms with Crippen molar-refractivity contribution in [3.63, 3.8) is 0 Å². The van der Waals surface area contributed by atoms with Gasteiger partial charge < -0.3 is 0 Å². The van der Waals surface area contributed by atoms with Gasteiger partial charge in [-0.1, -0.05) is 73.6 Å². The van der Waals surface area contributed by atoms with Crippen LogP contribution in [-0.2, 0) is 0 Å². The van der Waals surface area contributed by atoms with Crippen LogP contribution in [0.25, 0.3) is 0 Å². The zero-order chi connectivity index (χ0) is 8.24. The third kappa shape index (κ3) is 40.0. The van der Waals surface area contributed by atoms with E-state index in [0.29, 0.717) is 0 Å². The first-order chi connectivity index (χ1) is 4.83. The summed E-state index contributed by atoms with van der Waals surface area (Å²) in [7, 11) is 0. The standard InChI is InChI=1S/2C5H12.CH4/c2*1-3-5-4-2;/h2*3-5H2,1-2H3;1H4. The Bertz CT molecular complexity index is 21.0. The van der Waals surface area contributed by atoms with Gasteiger partial charge in [0.15, 0.2) is 0 Å². The van der Waals surface area contributed by atoms with E-state index in [1.165, 1.54) is 38.5 Å². The van der Waals surface area contributed by atoms with Crippen LogP contribution in [-0.4, -0.2) is 0 Å². The van der Waals surface area contributed by atoms with Crippen LogP contribution in [0.15, 0.2) is 0 Å². The number of unbranched alkanes of at least 4 members (excludes halogenated alkanes) is 4. The van der Waals surface area contributed by atoms with Crippen LogP contribution in [0.1, 0.15) is 73.6 Å². The number of rotatable bonds is 4. The molecule has 0 heteroatoms. The Morgan fingerprint density at radius 3 is 0.727 bits per heavy atom. The highest BCUT2D eigenvalue weighted by molar-refractivity contribution is 4.24. The number of hydrogen-bond donors (Lipinski definition) is 0. The Balaban J connectivity index is -0.000000107. The third-order valence-corrected chi connectivity index (χ3v) is 1.41. The van der Waals surface area contributed by atoms with Gasteiger partial charge in [-0.15, -0.1) is 0 Å². The molecule has 0 nitrogen and oxygen atoms in total. The van der Waals surface area contributed by atoms with Crippen molar-refractivity contribution in [2.75, 3.05) is 0 Å². The van der Waals surface area contributed by atoms with E-state index in [0.717, 1.165) is 0 Å². The molecule has 0 unspecified atom stereocenters. The molecule has 0 saturated carbocycles. The monoisotopic (exact) mass is 160 g/mol. The molecule has 0 aliphatic heterocycles. The molecule has 0 fully saturated rings. The van der Waals surface area contributed by atoms with Crippen molar-refractivity contribution >= 4 is 0 Å². The van der Waals surface area contributed by atoms with E-state index in [1.54, 1.807) is 0 Å². The highest BCUT2D eigenvalue weighted by Crippen LogP contribution is 1.88. The van der Waals surface area contributed by atoms with Gasteiger partial charge in [0.1, 0.15) is 0 Å². The molecular formula is C11H28. The second kappa shape index (κ2) is 22.5. The molecule has 72 valence electrons. The van der Waals surface area contributed by atoms with Gasteiger partial charge in [-0.3, -0.25) is 0 Å². The molecule has 0 aromatic rings. The molecule has 0 aliphatic rings. The zero-order valence-corrected chi connectivity index (χ0v) is 8.24. The van der Waals surface area contributed by atoms with Gasteiger partial charge in [0, 0.05) is 0 Å². The van der Waals surface area contributed by atoms with Crippen LogP contribution in [0.2, 0.25) is 0 Å². The summed E-state index contributed by atoms with van der Waals surface area (Å²) in [6, 6.07) is 0. The largest absolute Gasteiger partial charge is 0.0776 e. The van der Waals surface area contributed by atoms with Crippen LogP contribution in [0.5, 0.6) is 0 Å². The minimum Gasteiger partial charge on any atom is -0.0776 e. The first kappa shape index (κ1) is 17.2. The SMILES string of the molecule is C.CCCCC.CCCCC. The molecule has 0 amide bonds. The Morgan fingerprint density at radius 2 is 0.727 bits per heavy atom. The van der Waals surface area contributed by atoms with E-state index in [9.17, 15) is 0 Å². The van der Waals surface area contributed by atoms with E-state index in [2.05, 4.69) is 27.7 Å². The molecule has 0 atom stereocenters. The normalized spacial score (nSPS) is 7.64. The summed E-state index contributed by atoms with van der Waals surface area (Å²) >= 11 is 0. The van der Waals surface area contributed by atoms with Crippen molar-refractivity contribution in [3.8, 4) is 0 Å². The quantitative estimate of drug-likeness (QED) is 0.541. The summed E-state index contributed by atoms with van der Waals surface area (Å²) in [4.78, 5) is 0. The summed E-state index contributed by atoms with van der Waals surface area (Å²) in [6.07, 6.45) is 8.15. The molecule has 0 N–H and O–H groups in total. The molecule has 0 rings (SSSR count). The lowest BCUT2D eigenvalue weighted by Gasteiger charge is -1.79. The molecule has 11 heavy (non-hydrogen) atoms. The van der Waals surface area contributed by atoms with Crippen LogP contribution in [0.3, 0.4) is 0 Å². The van der Waals surface area contributed by atoms with Crippen LogP contribution < -0.4 is 0 Å². The van der Waals surface area contributed by atoms with Crippen molar-refractivity contribution in [2.45, 2.75) is 73.6 Å². The van der Waals surface area contributed by atoms with E-state index < -0.39 is 0 Å². The summed E-state index contributed by atoms with van der Waals surface area (Å²) < 4.78 is 0. The predicted molar refractivity (Wildman–Crippen MR) is 57.1 cm³/mol. The Morgan fingerprint density at radius 1 is 0.545 bits per heavy atom. The fourth-order valence-corrected chi connectivity index (χ4v) is 0.707. The van der Waals surface area contributed by atoms with Gasteiger partial charge in [-0.25, -0.2) is 0 Å². The molecular weight excluding hydrogens is 132 g/mol. The zero-order valence-electron chi connectivity index (χ0n) is 8.24. The van der Waals surface area contributed by atoms with Gasteiger partial charge in [-0.05, 0) is 0 Å². The average Bonchev–Trinajstić information content (AvgIpc) is 1.93. The first-order valence-corrected chi connectivity index (χ1v) is 4.83. The molecule has 0 aliphatic carbocycles. The van der Waals surface area contributed by atoms with E-state index in [4.69, 9.17) is 0 Å². The van der Waals surface area contributed by atoms with Crippen LogP contribution >= 0.6 is 0 Å². The van der Waals surface area contributed by atoms with E-state index in [-0.39, 0.29) is 7.43 Å². The third-order valence-electron chi connectivity index (χ3n) is 1.41. The summed E-state index contributed by atoms with van der Waals surface area (Å²) in [6.45, 7) is 8.85. The molecule has 0 radical (unpaired) electrons. The molecule has 0 bridgehead atoms. The second-order valence-corrected chi connectivity index (χ2v) is 2.71. The molecule has 0 aromatic heterocycles. The highest BCUT2D eigenvalue weighted by Gasteiger charge is 1.68. The molecule has 0 saturated heterocycles. The van der Waals surface area contributed by atoms with Crippen molar-refractivity contribution in [1.29, 1.82) is 0 Å². The van der Waals surface area contributed by atoms with Crippen molar-refractivity contribution in [2.24, 2.45) is 0 Å². The molecule has 0 spiro atoms. The van der Waals surface area contributed by atoms with Crippen LogP contribution in [0.4, 0.5) is 0 Å². The Hall–Kier alpha value is 0. The fourth-order valence-electron chi connectivity index (χ4n) is 0.707. The smallest absolute Gasteiger partial charge is 0.0538 e. The lowest BCUT2D eigenvalue weighted by Crippen LogP contribution is -1.59. The lowest BCUT2D eigenvalue weighted by atomic mass is 10.3. The van der Waals surface area contributed by atoms with Crippen molar-refractivity contribution in [1.82, 2.24) is 0 Å². The van der Waals surface area contributed by atoms with Crippen LogP contribution in [0, 0.1) is 0 Å². The van der Waals surface area contributed by atoms with E-state index >= 15 is 0 Å². The summed E-state index contributed by atoms with van der Waals surface area (Å²) in [5.74, 6) is 0. The van der Waals surface area contributed by atoms with Gasteiger partial charge in [0.05, 0.1) is 0 Å². The van der Waals surface area contributed by atoms with Gasteiger partial charge >= 0.3 is 0 Å². The fraction of sp³-hybridized carbons (Fsp3) is 1.00. The minimum absolute atomic E-state index is 0. The van der Waals surface area contributed by atoms with Gasteiger partial charge in [0.25, 0.3) is 0 Å². The van der Waals surface area contributed by atoms with E-state index in [1.807, 2.05) is 0 Å². The highest BCUT2D eigenvalue weighted by atomic mass is 13.7. The van der Waals surface area contributed by atoms with Gasteiger partial charge in [-0.2, -0.15) is 0 Å². The maximum atomic E-state index is 2.21. The van der Waals surface area contributed by atoms with Crippen molar-refractivity contribution < 1.29 is 0 Å². The minimum atomic E-state index is 0. The maximum Gasteiger partial charge on any atom is -0.0538 e. The molecule has 0 aromatic carbocycles. The first-order valence-electron chi connectivity index (χ1n) is 4.83. The molecule has 0 heterocycles. The van der Waals surface area contributed by atoms with Gasteiger partial charge in [0.2, 0.25) is 0 Å². The Labute approximate surface area is 74.4 Å². The number of hydrogen-bond acceptors (Lipinski definition) is 0. The second-order valence-electron chi connectivity index (χ2n) is 2.71. The maximum absolute atomic E-state index is 2.21. The summed E-state index contributed by atoms with van der Waals surface area (Å²) in [5, 5.41) is 0. The lowest BCUT2D eigenvalue weighted by molar-refractivity contribution is 0.772. The topological polar surface area (TPSA) is 0 Å². The predicted octanol–water partition coefficient (Wildman–Crippen LogP) is 5.03. The Kier molecular flexibility index (Phi) is 35.2. The summed E-state index contributed by atoms with van der Waals surface area (Å²) in [5.41, 5.74) is 0. The average molecular weight is 160 g/mol.